The summed E-state index contributed by atoms with van der Waals surface area (Å²) in [6, 6.07) is 10.4. The van der Waals surface area contributed by atoms with Crippen molar-refractivity contribution >= 4 is 11.9 Å². The van der Waals surface area contributed by atoms with Crippen LogP contribution < -0.4 is 18.9 Å². The minimum absolute atomic E-state index is 0.462. The van der Waals surface area contributed by atoms with Crippen LogP contribution in [0.15, 0.2) is 36.4 Å². The quantitative estimate of drug-likeness (QED) is 0.662. The van der Waals surface area contributed by atoms with Gasteiger partial charge in [-0.15, -0.1) is 0 Å². The molecule has 0 saturated heterocycles. The van der Waals surface area contributed by atoms with Crippen LogP contribution in [0.3, 0.4) is 0 Å². The molecule has 1 aliphatic rings. The largest absolute Gasteiger partial charge is 0.497 e. The Balaban J connectivity index is 2.14. The summed E-state index contributed by atoms with van der Waals surface area (Å²) in [5.41, 5.74) is 1.23. The number of benzene rings is 2. The SMILES string of the molecule is COc1ccc2c(c1)O[C@@H](c1ccc(OC)c(OC)c1)[C@@H](OC(C)=O)[C@H]2OC(C)=O. The van der Waals surface area contributed by atoms with Gasteiger partial charge in [0.2, 0.25) is 0 Å². The van der Waals surface area contributed by atoms with Gasteiger partial charge in [-0.1, -0.05) is 6.07 Å². The summed E-state index contributed by atoms with van der Waals surface area (Å²) in [7, 11) is 4.60. The average molecular weight is 416 g/mol. The van der Waals surface area contributed by atoms with E-state index >= 15 is 0 Å². The van der Waals surface area contributed by atoms with Crippen molar-refractivity contribution in [2.45, 2.75) is 32.2 Å². The molecule has 1 heterocycles. The molecule has 3 rings (SSSR count). The second-order valence-corrected chi connectivity index (χ2v) is 6.66. The van der Waals surface area contributed by atoms with Gasteiger partial charge in [-0.3, -0.25) is 9.59 Å². The van der Waals surface area contributed by atoms with Crippen LogP contribution in [-0.4, -0.2) is 39.4 Å². The molecule has 0 bridgehead atoms. The summed E-state index contributed by atoms with van der Waals surface area (Å²) < 4.78 is 33.3. The zero-order chi connectivity index (χ0) is 21.8. The molecular weight excluding hydrogens is 392 g/mol. The molecule has 0 unspecified atom stereocenters. The van der Waals surface area contributed by atoms with E-state index < -0.39 is 30.3 Å². The smallest absolute Gasteiger partial charge is 0.303 e. The molecule has 3 atom stereocenters. The third kappa shape index (κ3) is 4.27. The van der Waals surface area contributed by atoms with E-state index in [1.807, 2.05) is 0 Å². The number of carbonyl (C=O) groups excluding carboxylic acids is 2. The Hall–Kier alpha value is -3.42. The number of methoxy groups -OCH3 is 3. The molecule has 160 valence electrons. The number of rotatable bonds is 6. The van der Waals surface area contributed by atoms with Gasteiger partial charge in [0.15, 0.2) is 29.8 Å². The third-order valence-corrected chi connectivity index (χ3v) is 4.71. The first-order valence-corrected chi connectivity index (χ1v) is 9.28. The molecule has 0 fully saturated rings. The first kappa shape index (κ1) is 21.3. The van der Waals surface area contributed by atoms with Crippen LogP contribution in [0.2, 0.25) is 0 Å². The molecule has 0 N–H and O–H groups in total. The van der Waals surface area contributed by atoms with E-state index in [1.54, 1.807) is 43.5 Å². The van der Waals surface area contributed by atoms with Crippen LogP contribution in [0.1, 0.15) is 37.2 Å². The normalized spacial score (nSPS) is 19.7. The van der Waals surface area contributed by atoms with Gasteiger partial charge in [0.25, 0.3) is 0 Å². The first-order chi connectivity index (χ1) is 14.4. The monoisotopic (exact) mass is 416 g/mol. The van der Waals surface area contributed by atoms with Crippen molar-refractivity contribution in [3.8, 4) is 23.0 Å². The van der Waals surface area contributed by atoms with Gasteiger partial charge in [-0.25, -0.2) is 0 Å². The number of carbonyl (C=O) groups is 2. The summed E-state index contributed by atoms with van der Waals surface area (Å²) in [6.07, 6.45) is -2.54. The molecule has 0 spiro atoms. The molecule has 2 aromatic carbocycles. The fourth-order valence-corrected chi connectivity index (χ4v) is 3.43. The van der Waals surface area contributed by atoms with Gasteiger partial charge < -0.3 is 28.4 Å². The molecule has 0 amide bonds. The van der Waals surface area contributed by atoms with Crippen molar-refractivity contribution in [3.05, 3.63) is 47.5 Å². The van der Waals surface area contributed by atoms with Crippen LogP contribution in [0.5, 0.6) is 23.0 Å². The maximum atomic E-state index is 11.9. The van der Waals surface area contributed by atoms with Crippen LogP contribution in [0, 0.1) is 0 Å². The predicted molar refractivity (Wildman–Crippen MR) is 106 cm³/mol. The predicted octanol–water partition coefficient (Wildman–Crippen LogP) is 3.38. The molecule has 30 heavy (non-hydrogen) atoms. The van der Waals surface area contributed by atoms with Gasteiger partial charge in [0.1, 0.15) is 11.5 Å². The second-order valence-electron chi connectivity index (χ2n) is 6.66. The van der Waals surface area contributed by atoms with E-state index in [0.717, 1.165) is 0 Å². The van der Waals surface area contributed by atoms with Gasteiger partial charge >= 0.3 is 11.9 Å². The van der Waals surface area contributed by atoms with E-state index in [0.29, 0.717) is 34.1 Å². The van der Waals surface area contributed by atoms with E-state index in [4.69, 9.17) is 28.4 Å². The Kier molecular flexibility index (Phi) is 6.34. The Labute approximate surface area is 174 Å². The lowest BCUT2D eigenvalue weighted by atomic mass is 9.91. The molecule has 0 aliphatic carbocycles. The zero-order valence-electron chi connectivity index (χ0n) is 17.5. The van der Waals surface area contributed by atoms with Gasteiger partial charge in [0.05, 0.1) is 21.3 Å². The maximum absolute atomic E-state index is 11.9. The fourth-order valence-electron chi connectivity index (χ4n) is 3.43. The first-order valence-electron chi connectivity index (χ1n) is 9.28. The van der Waals surface area contributed by atoms with E-state index in [2.05, 4.69) is 0 Å². The molecule has 2 aromatic rings. The summed E-state index contributed by atoms with van der Waals surface area (Å²) in [5.74, 6) is 1.03. The molecule has 8 heteroatoms. The summed E-state index contributed by atoms with van der Waals surface area (Å²) in [6.45, 7) is 2.59. The molecule has 0 saturated carbocycles. The highest BCUT2D eigenvalue weighted by Crippen LogP contribution is 2.46. The average Bonchev–Trinajstić information content (AvgIpc) is 2.73. The molecular formula is C22H24O8. The summed E-state index contributed by atoms with van der Waals surface area (Å²) in [5, 5.41) is 0. The van der Waals surface area contributed by atoms with Crippen LogP contribution >= 0.6 is 0 Å². The Morgan fingerprint density at radius 3 is 2.13 bits per heavy atom. The van der Waals surface area contributed by atoms with Crippen molar-refractivity contribution in [1.29, 1.82) is 0 Å². The van der Waals surface area contributed by atoms with Crippen molar-refractivity contribution < 1.29 is 38.0 Å². The van der Waals surface area contributed by atoms with E-state index in [1.165, 1.54) is 28.1 Å². The summed E-state index contributed by atoms with van der Waals surface area (Å²) in [4.78, 5) is 23.7. The molecule has 0 aromatic heterocycles. The van der Waals surface area contributed by atoms with Crippen molar-refractivity contribution in [1.82, 2.24) is 0 Å². The van der Waals surface area contributed by atoms with Crippen molar-refractivity contribution in [3.63, 3.8) is 0 Å². The minimum Gasteiger partial charge on any atom is -0.497 e. The highest BCUT2D eigenvalue weighted by atomic mass is 16.6. The zero-order valence-corrected chi connectivity index (χ0v) is 17.5. The lowest BCUT2D eigenvalue weighted by Gasteiger charge is -2.38. The van der Waals surface area contributed by atoms with E-state index in [9.17, 15) is 9.59 Å². The second kappa shape index (κ2) is 8.94. The highest BCUT2D eigenvalue weighted by molar-refractivity contribution is 5.68. The third-order valence-electron chi connectivity index (χ3n) is 4.71. The number of ether oxygens (including phenoxy) is 6. The topological polar surface area (TPSA) is 89.5 Å². The van der Waals surface area contributed by atoms with Gasteiger partial charge in [-0.05, 0) is 24.3 Å². The number of fused-ring (bicyclic) bond motifs is 1. The van der Waals surface area contributed by atoms with Crippen molar-refractivity contribution in [2.24, 2.45) is 0 Å². The van der Waals surface area contributed by atoms with Crippen LogP contribution in [0.4, 0.5) is 0 Å². The number of hydrogen-bond donors (Lipinski definition) is 0. The maximum Gasteiger partial charge on any atom is 0.303 e. The van der Waals surface area contributed by atoms with Gasteiger partial charge in [0, 0.05) is 31.0 Å². The van der Waals surface area contributed by atoms with Crippen LogP contribution in [0.25, 0.3) is 0 Å². The summed E-state index contributed by atoms with van der Waals surface area (Å²) >= 11 is 0. The lowest BCUT2D eigenvalue weighted by Crippen LogP contribution is -2.39. The van der Waals surface area contributed by atoms with E-state index in [-0.39, 0.29) is 0 Å². The minimum atomic E-state index is -0.912. The number of hydrogen-bond acceptors (Lipinski definition) is 8. The van der Waals surface area contributed by atoms with Crippen molar-refractivity contribution in [2.75, 3.05) is 21.3 Å². The number of esters is 2. The lowest BCUT2D eigenvalue weighted by molar-refractivity contribution is -0.178. The molecule has 0 radical (unpaired) electrons. The standard InChI is InChI=1S/C22H24O8/c1-12(23)28-21-16-8-7-15(25-3)11-18(16)30-20(22(21)29-13(2)24)14-6-9-17(26-4)19(10-14)27-5/h6-11,20-22H,1-5H3/t20-,21-,22+/m0/s1. The Bertz CT molecular complexity index is 939. The molecule has 8 nitrogen and oxygen atoms in total. The fraction of sp³-hybridized carbons (Fsp3) is 0.364. The highest BCUT2D eigenvalue weighted by Gasteiger charge is 2.44. The Morgan fingerprint density at radius 2 is 1.53 bits per heavy atom. The van der Waals surface area contributed by atoms with Crippen LogP contribution in [-0.2, 0) is 19.1 Å². The van der Waals surface area contributed by atoms with Gasteiger partial charge in [-0.2, -0.15) is 0 Å². The Morgan fingerprint density at radius 1 is 0.833 bits per heavy atom. The molecule has 1 aliphatic heterocycles.